The molecule has 6 nitrogen and oxygen atoms in total. The van der Waals surface area contributed by atoms with Gasteiger partial charge in [0.25, 0.3) is 11.8 Å². The zero-order valence-corrected chi connectivity index (χ0v) is 20.4. The Morgan fingerprint density at radius 3 is 2.49 bits per heavy atom. The minimum absolute atomic E-state index is 0.0185. The van der Waals surface area contributed by atoms with Crippen molar-refractivity contribution in [2.75, 3.05) is 12.1 Å². The second kappa shape index (κ2) is 10.7. The second-order valence-electron chi connectivity index (χ2n) is 7.72. The molecule has 1 aliphatic rings. The maximum Gasteiger partial charge on any atom is 0.282 e. The largest absolute Gasteiger partial charge is 0.493 e. The number of methoxy groups -OCH3 is 1. The minimum atomic E-state index is -0.483. The summed E-state index contributed by atoms with van der Waals surface area (Å²) in [5.41, 5.74) is 5.44. The molecule has 0 bridgehead atoms. The first-order valence-electron chi connectivity index (χ1n) is 10.7. The molecule has 0 aliphatic carbocycles. The molecular weight excluding hydrogens is 487 g/mol. The number of rotatable bonds is 8. The molecule has 4 rings (SSSR count). The van der Waals surface area contributed by atoms with Gasteiger partial charge in [-0.1, -0.05) is 53.5 Å². The summed E-state index contributed by atoms with van der Waals surface area (Å²) in [6.45, 7) is 4.06. The summed E-state index contributed by atoms with van der Waals surface area (Å²) in [4.78, 5) is 25.5. The van der Waals surface area contributed by atoms with Crippen LogP contribution < -0.4 is 19.9 Å². The van der Waals surface area contributed by atoms with Crippen molar-refractivity contribution in [3.8, 4) is 11.5 Å². The fourth-order valence-corrected chi connectivity index (χ4v) is 3.98. The zero-order valence-electron chi connectivity index (χ0n) is 18.9. The molecule has 1 saturated heterocycles. The Morgan fingerprint density at radius 1 is 1.03 bits per heavy atom. The molecule has 1 N–H and O–H groups in total. The Labute approximate surface area is 213 Å². The Bertz CT molecular complexity index is 1320. The fraction of sp³-hybridized carbons (Fsp3) is 0.111. The SMILES string of the molecule is C=CCc1cc(/C=C2/C(=O)NN(c3ccccc3)C2=O)cc(OC)c1OCc1ccc(Cl)c(Cl)c1. The fourth-order valence-electron chi connectivity index (χ4n) is 3.66. The van der Waals surface area contributed by atoms with Crippen LogP contribution >= 0.6 is 23.2 Å². The quantitative estimate of drug-likeness (QED) is 0.238. The maximum atomic E-state index is 12.9. The van der Waals surface area contributed by atoms with Crippen molar-refractivity contribution in [2.24, 2.45) is 0 Å². The van der Waals surface area contributed by atoms with Gasteiger partial charge < -0.3 is 9.47 Å². The molecule has 0 aromatic heterocycles. The van der Waals surface area contributed by atoms with Crippen LogP contribution in [0.15, 0.2) is 78.9 Å². The van der Waals surface area contributed by atoms with Crippen molar-refractivity contribution in [3.05, 3.63) is 106 Å². The van der Waals surface area contributed by atoms with Gasteiger partial charge in [0.2, 0.25) is 0 Å². The summed E-state index contributed by atoms with van der Waals surface area (Å²) in [6, 6.07) is 17.7. The minimum Gasteiger partial charge on any atom is -0.493 e. The van der Waals surface area contributed by atoms with Crippen LogP contribution in [-0.4, -0.2) is 18.9 Å². The molecule has 0 atom stereocenters. The molecule has 0 saturated carbocycles. The number of amides is 2. The number of nitrogens with zero attached hydrogens (tertiary/aromatic N) is 1. The number of carbonyl (C=O) groups is 2. The monoisotopic (exact) mass is 508 g/mol. The number of hydrazine groups is 1. The molecule has 0 spiro atoms. The van der Waals surface area contributed by atoms with Crippen molar-refractivity contribution in [1.82, 2.24) is 5.43 Å². The maximum absolute atomic E-state index is 12.9. The number of para-hydroxylation sites is 1. The number of anilines is 1. The van der Waals surface area contributed by atoms with E-state index in [1.54, 1.807) is 54.6 Å². The van der Waals surface area contributed by atoms with E-state index in [1.165, 1.54) is 12.1 Å². The number of hydrogen-bond acceptors (Lipinski definition) is 4. The van der Waals surface area contributed by atoms with Crippen LogP contribution in [0.3, 0.4) is 0 Å². The number of benzene rings is 3. The highest BCUT2D eigenvalue weighted by Crippen LogP contribution is 2.36. The second-order valence-corrected chi connectivity index (χ2v) is 8.53. The van der Waals surface area contributed by atoms with Gasteiger partial charge in [-0.2, -0.15) is 0 Å². The van der Waals surface area contributed by atoms with E-state index >= 15 is 0 Å². The van der Waals surface area contributed by atoms with Gasteiger partial charge in [0.1, 0.15) is 12.2 Å². The van der Waals surface area contributed by atoms with Crippen LogP contribution in [0.1, 0.15) is 16.7 Å². The van der Waals surface area contributed by atoms with Crippen molar-refractivity contribution in [2.45, 2.75) is 13.0 Å². The van der Waals surface area contributed by atoms with Gasteiger partial charge in [0.15, 0.2) is 11.5 Å². The molecule has 3 aromatic carbocycles. The zero-order chi connectivity index (χ0) is 24.9. The van der Waals surface area contributed by atoms with E-state index in [2.05, 4.69) is 12.0 Å². The Kier molecular flexibility index (Phi) is 7.44. The average Bonchev–Trinajstić information content (AvgIpc) is 3.14. The van der Waals surface area contributed by atoms with E-state index in [9.17, 15) is 9.59 Å². The van der Waals surface area contributed by atoms with Crippen LogP contribution in [-0.2, 0) is 22.6 Å². The van der Waals surface area contributed by atoms with Crippen LogP contribution in [0.2, 0.25) is 10.0 Å². The highest BCUT2D eigenvalue weighted by atomic mass is 35.5. The van der Waals surface area contributed by atoms with Gasteiger partial charge in [-0.05, 0) is 60.0 Å². The topological polar surface area (TPSA) is 67.9 Å². The van der Waals surface area contributed by atoms with Crippen molar-refractivity contribution in [1.29, 1.82) is 0 Å². The average molecular weight is 509 g/mol. The normalized spacial score (nSPS) is 14.3. The first-order valence-corrected chi connectivity index (χ1v) is 11.5. The number of carbonyl (C=O) groups excluding carboxylic acids is 2. The van der Waals surface area contributed by atoms with E-state index in [0.29, 0.717) is 39.2 Å². The molecule has 0 radical (unpaired) electrons. The third kappa shape index (κ3) is 5.34. The highest BCUT2D eigenvalue weighted by Gasteiger charge is 2.34. The molecule has 1 aliphatic heterocycles. The predicted molar refractivity (Wildman–Crippen MR) is 138 cm³/mol. The van der Waals surface area contributed by atoms with Gasteiger partial charge in [0, 0.05) is 5.56 Å². The van der Waals surface area contributed by atoms with Crippen LogP contribution in [0.4, 0.5) is 5.69 Å². The lowest BCUT2D eigenvalue weighted by Crippen LogP contribution is -2.35. The van der Waals surface area contributed by atoms with E-state index in [1.807, 2.05) is 18.2 Å². The Balaban J connectivity index is 1.65. The molecule has 1 heterocycles. The number of halogens is 2. The summed E-state index contributed by atoms with van der Waals surface area (Å²) in [5, 5.41) is 2.14. The molecule has 178 valence electrons. The molecule has 8 heteroatoms. The smallest absolute Gasteiger partial charge is 0.282 e. The van der Waals surface area contributed by atoms with Gasteiger partial charge in [-0.15, -0.1) is 6.58 Å². The third-order valence-corrected chi connectivity index (χ3v) is 6.06. The van der Waals surface area contributed by atoms with Gasteiger partial charge in [-0.25, -0.2) is 5.01 Å². The first kappa shape index (κ1) is 24.4. The molecule has 2 amide bonds. The molecule has 0 unspecified atom stereocenters. The summed E-state index contributed by atoms with van der Waals surface area (Å²) in [7, 11) is 1.53. The van der Waals surface area contributed by atoms with Gasteiger partial charge in [0.05, 0.1) is 22.8 Å². The lowest BCUT2D eigenvalue weighted by Gasteiger charge is -2.16. The van der Waals surface area contributed by atoms with E-state index in [0.717, 1.165) is 11.1 Å². The molecule has 35 heavy (non-hydrogen) atoms. The Morgan fingerprint density at radius 2 is 1.80 bits per heavy atom. The summed E-state index contributed by atoms with van der Waals surface area (Å²) < 4.78 is 11.7. The first-order chi connectivity index (χ1) is 16.9. The van der Waals surface area contributed by atoms with Crippen molar-refractivity contribution < 1.29 is 19.1 Å². The Hall–Kier alpha value is -3.74. The summed E-state index contributed by atoms with van der Waals surface area (Å²) >= 11 is 12.1. The lowest BCUT2D eigenvalue weighted by atomic mass is 10.0. The molecule has 1 fully saturated rings. The number of hydrogen-bond donors (Lipinski definition) is 1. The lowest BCUT2D eigenvalue weighted by molar-refractivity contribution is -0.117. The number of allylic oxidation sites excluding steroid dienone is 1. The standard InChI is InChI=1S/C27H22Cl2N2O4/c1-3-7-19-12-18(13-21-26(32)30-31(27(21)33)20-8-5-4-6-9-20)15-24(34-2)25(19)35-16-17-10-11-22(28)23(29)14-17/h3-6,8-15H,1,7,16H2,2H3,(H,30,32)/b21-13-. The third-order valence-electron chi connectivity index (χ3n) is 5.32. The number of ether oxygens (including phenoxy) is 2. The van der Waals surface area contributed by atoms with Crippen LogP contribution in [0.25, 0.3) is 6.08 Å². The van der Waals surface area contributed by atoms with Crippen LogP contribution in [0.5, 0.6) is 11.5 Å². The predicted octanol–water partition coefficient (Wildman–Crippen LogP) is 5.77. The van der Waals surface area contributed by atoms with Crippen molar-refractivity contribution >= 4 is 46.8 Å². The van der Waals surface area contributed by atoms with E-state index in [-0.39, 0.29) is 12.2 Å². The van der Waals surface area contributed by atoms with Gasteiger partial charge in [-0.3, -0.25) is 15.0 Å². The number of nitrogens with one attached hydrogen (secondary N) is 1. The van der Waals surface area contributed by atoms with E-state index < -0.39 is 11.8 Å². The highest BCUT2D eigenvalue weighted by molar-refractivity contribution is 6.42. The van der Waals surface area contributed by atoms with Gasteiger partial charge >= 0.3 is 0 Å². The summed E-state index contributed by atoms with van der Waals surface area (Å²) in [5.74, 6) is 0.0733. The van der Waals surface area contributed by atoms with Crippen LogP contribution in [0, 0.1) is 0 Å². The molecule has 3 aromatic rings. The van der Waals surface area contributed by atoms with E-state index in [4.69, 9.17) is 32.7 Å². The van der Waals surface area contributed by atoms with Crippen molar-refractivity contribution in [3.63, 3.8) is 0 Å². The molecular formula is C27H22Cl2N2O4. The summed E-state index contributed by atoms with van der Waals surface area (Å²) in [6.07, 6.45) is 3.76.